The second kappa shape index (κ2) is 9.41. The molecule has 0 saturated carbocycles. The maximum absolute atomic E-state index is 12.5. The van der Waals surface area contributed by atoms with Crippen LogP contribution in [0.2, 0.25) is 0 Å². The molecule has 3 rings (SSSR count). The van der Waals surface area contributed by atoms with Gasteiger partial charge in [-0.1, -0.05) is 6.92 Å². The summed E-state index contributed by atoms with van der Waals surface area (Å²) in [7, 11) is 0. The monoisotopic (exact) mass is 364 g/mol. The van der Waals surface area contributed by atoms with Crippen molar-refractivity contribution in [2.75, 3.05) is 32.8 Å². The summed E-state index contributed by atoms with van der Waals surface area (Å²) in [5.41, 5.74) is 0. The average molecular weight is 364 g/mol. The minimum atomic E-state index is 0.125. The third kappa shape index (κ3) is 5.48. The van der Waals surface area contributed by atoms with Crippen LogP contribution in [0.1, 0.15) is 51.8 Å². The number of amides is 1. The molecule has 2 aliphatic rings. The van der Waals surface area contributed by atoms with E-state index in [-0.39, 0.29) is 12.0 Å². The number of carbonyl (C=O) groups excluding carboxylic acids is 1. The molecule has 8 heteroatoms. The third-order valence-corrected chi connectivity index (χ3v) is 5.41. The summed E-state index contributed by atoms with van der Waals surface area (Å²) in [6.45, 7) is 10.3. The fourth-order valence-electron chi connectivity index (χ4n) is 3.69. The van der Waals surface area contributed by atoms with E-state index in [1.807, 2.05) is 16.5 Å². The van der Waals surface area contributed by atoms with E-state index in [2.05, 4.69) is 27.3 Å². The van der Waals surface area contributed by atoms with Crippen molar-refractivity contribution in [2.45, 2.75) is 65.1 Å². The first-order valence-electron chi connectivity index (χ1n) is 9.98. The van der Waals surface area contributed by atoms with E-state index in [4.69, 9.17) is 4.74 Å². The molecule has 0 aliphatic carbocycles. The van der Waals surface area contributed by atoms with Crippen molar-refractivity contribution in [3.8, 4) is 0 Å². The van der Waals surface area contributed by atoms with Gasteiger partial charge in [0.25, 0.3) is 0 Å². The molecule has 1 aromatic heterocycles. The van der Waals surface area contributed by atoms with E-state index >= 15 is 0 Å². The molecule has 3 heterocycles. The lowest BCUT2D eigenvalue weighted by Gasteiger charge is -2.29. The van der Waals surface area contributed by atoms with E-state index < -0.39 is 0 Å². The molecule has 0 spiro atoms. The second-order valence-electron chi connectivity index (χ2n) is 7.76. The first kappa shape index (κ1) is 19.2. The van der Waals surface area contributed by atoms with E-state index in [1.165, 1.54) is 12.8 Å². The molecule has 8 nitrogen and oxygen atoms in total. The number of hydrogen-bond acceptors (Lipinski definition) is 6. The lowest BCUT2D eigenvalue weighted by molar-refractivity contribution is -0.132. The van der Waals surface area contributed by atoms with Gasteiger partial charge < -0.3 is 9.64 Å². The number of tetrazole rings is 1. The smallest absolute Gasteiger partial charge is 0.222 e. The van der Waals surface area contributed by atoms with Gasteiger partial charge in [0.2, 0.25) is 5.91 Å². The fourth-order valence-corrected chi connectivity index (χ4v) is 3.69. The predicted octanol–water partition coefficient (Wildman–Crippen LogP) is 1.32. The number of aromatic nitrogens is 4. The third-order valence-electron chi connectivity index (χ3n) is 5.41. The largest absolute Gasteiger partial charge is 0.377 e. The fraction of sp³-hybridized carbons (Fsp3) is 0.889. The summed E-state index contributed by atoms with van der Waals surface area (Å²) in [5.74, 6) is 1.94. The van der Waals surface area contributed by atoms with Crippen molar-refractivity contribution in [1.82, 2.24) is 30.0 Å². The minimum Gasteiger partial charge on any atom is -0.377 e. The number of aryl methyl sites for hydroxylation is 1. The van der Waals surface area contributed by atoms with Crippen LogP contribution in [0.5, 0.6) is 0 Å². The Morgan fingerprint density at radius 2 is 2.04 bits per heavy atom. The van der Waals surface area contributed by atoms with Gasteiger partial charge in [-0.3, -0.25) is 9.69 Å². The Labute approximate surface area is 155 Å². The molecule has 0 radical (unpaired) electrons. The Bertz CT molecular complexity index is 570. The van der Waals surface area contributed by atoms with Crippen LogP contribution in [0.3, 0.4) is 0 Å². The van der Waals surface area contributed by atoms with Crippen LogP contribution < -0.4 is 0 Å². The first-order valence-corrected chi connectivity index (χ1v) is 9.98. The molecule has 146 valence electrons. The maximum atomic E-state index is 12.5. The van der Waals surface area contributed by atoms with E-state index in [0.717, 1.165) is 57.4 Å². The number of hydrogen-bond donors (Lipinski definition) is 0. The molecular formula is C18H32N6O2. The standard InChI is InChI=1S/C18H32N6O2/c1-15-6-10-22(11-7-15)14-17-19-20-21-24(17)9-3-5-18(25)23-8-4-12-26-16(2)13-23/h15-16H,3-14H2,1-2H3/t16-/m1/s1. The molecular weight excluding hydrogens is 332 g/mol. The average Bonchev–Trinajstić information content (AvgIpc) is 2.94. The molecule has 2 fully saturated rings. The zero-order valence-electron chi connectivity index (χ0n) is 16.1. The van der Waals surface area contributed by atoms with Crippen molar-refractivity contribution >= 4 is 5.91 Å². The molecule has 0 unspecified atom stereocenters. The van der Waals surface area contributed by atoms with Crippen LogP contribution in [-0.2, 0) is 22.6 Å². The lowest BCUT2D eigenvalue weighted by atomic mass is 9.99. The van der Waals surface area contributed by atoms with Crippen molar-refractivity contribution < 1.29 is 9.53 Å². The summed E-state index contributed by atoms with van der Waals surface area (Å²) in [6.07, 6.45) is 4.83. The zero-order chi connectivity index (χ0) is 18.4. The zero-order valence-corrected chi connectivity index (χ0v) is 16.1. The van der Waals surface area contributed by atoms with Gasteiger partial charge in [0.1, 0.15) is 0 Å². The van der Waals surface area contributed by atoms with Crippen molar-refractivity contribution in [1.29, 1.82) is 0 Å². The van der Waals surface area contributed by atoms with Gasteiger partial charge in [0, 0.05) is 32.7 Å². The Kier molecular flexibility index (Phi) is 6.96. The summed E-state index contributed by atoms with van der Waals surface area (Å²) in [5, 5.41) is 12.1. The minimum absolute atomic E-state index is 0.125. The van der Waals surface area contributed by atoms with Crippen LogP contribution in [0.25, 0.3) is 0 Å². The lowest BCUT2D eigenvalue weighted by Crippen LogP contribution is -2.36. The quantitative estimate of drug-likeness (QED) is 0.758. The Hall–Kier alpha value is -1.54. The second-order valence-corrected chi connectivity index (χ2v) is 7.76. The molecule has 2 saturated heterocycles. The Balaban J connectivity index is 1.43. The molecule has 26 heavy (non-hydrogen) atoms. The molecule has 0 aromatic carbocycles. The van der Waals surface area contributed by atoms with Crippen LogP contribution in [-0.4, -0.2) is 74.8 Å². The molecule has 1 amide bonds. The van der Waals surface area contributed by atoms with Crippen LogP contribution in [0, 0.1) is 5.92 Å². The van der Waals surface area contributed by atoms with Crippen LogP contribution in [0.4, 0.5) is 0 Å². The normalized spacial score (nSPS) is 23.2. The SMILES string of the molecule is CC1CCN(Cc2nnnn2CCCC(=O)N2CCCO[C@H](C)C2)CC1. The number of nitrogens with zero attached hydrogens (tertiary/aromatic N) is 6. The van der Waals surface area contributed by atoms with Crippen molar-refractivity contribution in [2.24, 2.45) is 5.92 Å². The summed E-state index contributed by atoms with van der Waals surface area (Å²) >= 11 is 0. The first-order chi connectivity index (χ1) is 12.6. The Morgan fingerprint density at radius 3 is 2.85 bits per heavy atom. The molecule has 1 atom stereocenters. The van der Waals surface area contributed by atoms with Gasteiger partial charge in [-0.25, -0.2) is 4.68 Å². The van der Waals surface area contributed by atoms with Gasteiger partial charge in [0.05, 0.1) is 12.6 Å². The number of ether oxygens (including phenoxy) is 1. The number of likely N-dealkylation sites (tertiary alicyclic amines) is 1. The number of rotatable bonds is 6. The van der Waals surface area contributed by atoms with Crippen LogP contribution in [0.15, 0.2) is 0 Å². The topological polar surface area (TPSA) is 76.4 Å². The van der Waals surface area contributed by atoms with E-state index in [9.17, 15) is 4.79 Å². The predicted molar refractivity (Wildman–Crippen MR) is 97.3 cm³/mol. The summed E-state index contributed by atoms with van der Waals surface area (Å²) < 4.78 is 7.47. The van der Waals surface area contributed by atoms with Crippen LogP contribution >= 0.6 is 0 Å². The van der Waals surface area contributed by atoms with E-state index in [0.29, 0.717) is 19.5 Å². The van der Waals surface area contributed by atoms with E-state index in [1.54, 1.807) is 0 Å². The highest BCUT2D eigenvalue weighted by Crippen LogP contribution is 2.17. The van der Waals surface area contributed by atoms with Gasteiger partial charge in [-0.15, -0.1) is 5.10 Å². The summed E-state index contributed by atoms with van der Waals surface area (Å²) in [6, 6.07) is 0. The van der Waals surface area contributed by atoms with Crippen molar-refractivity contribution in [3.63, 3.8) is 0 Å². The van der Waals surface area contributed by atoms with Gasteiger partial charge in [-0.05, 0) is 62.0 Å². The number of carbonyl (C=O) groups is 1. The molecule has 0 N–H and O–H groups in total. The summed E-state index contributed by atoms with van der Waals surface area (Å²) in [4.78, 5) is 16.8. The molecule has 1 aromatic rings. The van der Waals surface area contributed by atoms with Crippen molar-refractivity contribution in [3.05, 3.63) is 5.82 Å². The maximum Gasteiger partial charge on any atom is 0.222 e. The molecule has 0 bridgehead atoms. The molecule has 2 aliphatic heterocycles. The highest BCUT2D eigenvalue weighted by molar-refractivity contribution is 5.76. The van der Waals surface area contributed by atoms with Gasteiger partial charge >= 0.3 is 0 Å². The number of piperidine rings is 1. The van der Waals surface area contributed by atoms with Gasteiger partial charge in [0.15, 0.2) is 5.82 Å². The van der Waals surface area contributed by atoms with Gasteiger partial charge in [-0.2, -0.15) is 0 Å². The highest BCUT2D eigenvalue weighted by atomic mass is 16.5. The highest BCUT2D eigenvalue weighted by Gasteiger charge is 2.21. The Morgan fingerprint density at radius 1 is 1.23 bits per heavy atom.